The number of fused-ring (bicyclic) bond motifs is 2. The van der Waals surface area contributed by atoms with Crippen LogP contribution in [0.2, 0.25) is 0 Å². The Morgan fingerprint density at radius 3 is 2.81 bits per heavy atom. The van der Waals surface area contributed by atoms with Crippen molar-refractivity contribution in [3.63, 3.8) is 0 Å². The summed E-state index contributed by atoms with van der Waals surface area (Å²) in [6, 6.07) is 10.4. The molecule has 5 heteroatoms. The first-order valence-corrected chi connectivity index (χ1v) is 7.39. The molecule has 0 fully saturated rings. The molecule has 3 aromatic rings. The SMILES string of the molecule is CN1CCCn2nc(-c3nc4ccccc4n3C)cc2C1. The van der Waals surface area contributed by atoms with E-state index in [0.717, 1.165) is 48.6 Å². The second-order valence-electron chi connectivity index (χ2n) is 5.82. The highest BCUT2D eigenvalue weighted by Crippen LogP contribution is 2.24. The number of aryl methyl sites for hydroxylation is 2. The summed E-state index contributed by atoms with van der Waals surface area (Å²) in [7, 11) is 4.22. The fourth-order valence-electron chi connectivity index (χ4n) is 3.11. The van der Waals surface area contributed by atoms with Crippen molar-refractivity contribution in [2.75, 3.05) is 13.6 Å². The van der Waals surface area contributed by atoms with Crippen molar-refractivity contribution in [3.8, 4) is 11.5 Å². The molecule has 1 aromatic carbocycles. The summed E-state index contributed by atoms with van der Waals surface area (Å²) in [6.45, 7) is 3.07. The number of aromatic nitrogens is 4. The van der Waals surface area contributed by atoms with E-state index in [9.17, 15) is 0 Å². The van der Waals surface area contributed by atoms with E-state index in [-0.39, 0.29) is 0 Å². The molecule has 3 heterocycles. The first kappa shape index (κ1) is 12.6. The Morgan fingerprint density at radius 2 is 1.95 bits per heavy atom. The number of imidazole rings is 1. The Balaban J connectivity index is 1.82. The van der Waals surface area contributed by atoms with E-state index in [1.165, 1.54) is 5.69 Å². The summed E-state index contributed by atoms with van der Waals surface area (Å²) in [4.78, 5) is 7.09. The number of para-hydroxylation sites is 2. The van der Waals surface area contributed by atoms with Crippen molar-refractivity contribution >= 4 is 11.0 Å². The van der Waals surface area contributed by atoms with E-state index in [1.807, 2.05) is 18.2 Å². The maximum Gasteiger partial charge on any atom is 0.161 e. The van der Waals surface area contributed by atoms with Gasteiger partial charge in [0.15, 0.2) is 5.82 Å². The second-order valence-corrected chi connectivity index (χ2v) is 5.82. The first-order valence-electron chi connectivity index (χ1n) is 7.39. The van der Waals surface area contributed by atoms with E-state index in [1.54, 1.807) is 0 Å². The smallest absolute Gasteiger partial charge is 0.161 e. The average molecular weight is 281 g/mol. The summed E-state index contributed by atoms with van der Waals surface area (Å²) in [6.07, 6.45) is 1.15. The summed E-state index contributed by atoms with van der Waals surface area (Å²) < 4.78 is 4.26. The van der Waals surface area contributed by atoms with E-state index in [4.69, 9.17) is 10.1 Å². The highest BCUT2D eigenvalue weighted by molar-refractivity contribution is 5.79. The number of hydrogen-bond acceptors (Lipinski definition) is 3. The molecule has 4 rings (SSSR count). The van der Waals surface area contributed by atoms with Crippen LogP contribution in [0.15, 0.2) is 30.3 Å². The summed E-state index contributed by atoms with van der Waals surface area (Å²) in [5.41, 5.74) is 4.42. The number of hydrogen-bond donors (Lipinski definition) is 0. The largest absolute Gasteiger partial charge is 0.326 e. The fourth-order valence-corrected chi connectivity index (χ4v) is 3.11. The third kappa shape index (κ3) is 2.05. The Labute approximate surface area is 123 Å². The number of rotatable bonds is 1. The van der Waals surface area contributed by atoms with Crippen molar-refractivity contribution in [1.82, 2.24) is 24.2 Å². The minimum atomic E-state index is 0.944. The van der Waals surface area contributed by atoms with Crippen molar-refractivity contribution < 1.29 is 0 Å². The zero-order chi connectivity index (χ0) is 14.4. The van der Waals surface area contributed by atoms with Gasteiger partial charge < -0.3 is 9.47 Å². The molecule has 0 atom stereocenters. The lowest BCUT2D eigenvalue weighted by molar-refractivity contribution is 0.332. The maximum absolute atomic E-state index is 4.78. The molecule has 0 bridgehead atoms. The molecule has 0 radical (unpaired) electrons. The highest BCUT2D eigenvalue weighted by atomic mass is 15.3. The van der Waals surface area contributed by atoms with Gasteiger partial charge in [-0.3, -0.25) is 4.68 Å². The molecule has 21 heavy (non-hydrogen) atoms. The maximum atomic E-state index is 4.78. The van der Waals surface area contributed by atoms with E-state index in [0.29, 0.717) is 0 Å². The molecule has 5 nitrogen and oxygen atoms in total. The Bertz CT molecular complexity index is 798. The minimum Gasteiger partial charge on any atom is -0.326 e. The Morgan fingerprint density at radius 1 is 1.10 bits per heavy atom. The lowest BCUT2D eigenvalue weighted by Gasteiger charge is -2.10. The molecule has 0 amide bonds. The lowest BCUT2D eigenvalue weighted by atomic mass is 10.3. The number of benzene rings is 1. The molecule has 1 aliphatic rings. The van der Waals surface area contributed by atoms with Gasteiger partial charge in [-0.05, 0) is 31.7 Å². The molecule has 0 saturated carbocycles. The van der Waals surface area contributed by atoms with Crippen LogP contribution in [0.5, 0.6) is 0 Å². The summed E-state index contributed by atoms with van der Waals surface area (Å²) in [5, 5.41) is 4.78. The normalized spacial score (nSPS) is 16.1. The van der Waals surface area contributed by atoms with Crippen LogP contribution in [0.4, 0.5) is 0 Å². The van der Waals surface area contributed by atoms with Gasteiger partial charge in [0, 0.05) is 26.7 Å². The van der Waals surface area contributed by atoms with E-state index < -0.39 is 0 Å². The molecule has 0 N–H and O–H groups in total. The molecular formula is C16H19N5. The van der Waals surface area contributed by atoms with Crippen LogP contribution in [-0.2, 0) is 20.1 Å². The van der Waals surface area contributed by atoms with Crippen LogP contribution in [-0.4, -0.2) is 37.8 Å². The molecule has 0 aliphatic carbocycles. The molecule has 0 saturated heterocycles. The molecule has 0 unspecified atom stereocenters. The van der Waals surface area contributed by atoms with Gasteiger partial charge in [-0.1, -0.05) is 12.1 Å². The molecular weight excluding hydrogens is 262 g/mol. The Kier molecular flexibility index (Phi) is 2.82. The van der Waals surface area contributed by atoms with Crippen LogP contribution in [0, 0.1) is 0 Å². The van der Waals surface area contributed by atoms with E-state index in [2.05, 4.69) is 40.4 Å². The van der Waals surface area contributed by atoms with Crippen LogP contribution in [0.3, 0.4) is 0 Å². The predicted molar refractivity (Wildman–Crippen MR) is 82.9 cm³/mol. The summed E-state index contributed by atoms with van der Waals surface area (Å²) in [5.74, 6) is 0.944. The average Bonchev–Trinajstić information content (AvgIpc) is 2.96. The zero-order valence-corrected chi connectivity index (χ0v) is 12.5. The monoisotopic (exact) mass is 281 g/mol. The summed E-state index contributed by atoms with van der Waals surface area (Å²) >= 11 is 0. The zero-order valence-electron chi connectivity index (χ0n) is 12.5. The van der Waals surface area contributed by atoms with Gasteiger partial charge in [0.2, 0.25) is 0 Å². The standard InChI is InChI=1S/C16H19N5/c1-19-8-5-9-21-12(11-19)10-14(18-21)16-17-13-6-3-4-7-15(13)20(16)2/h3-4,6-7,10H,5,8-9,11H2,1-2H3. The second kappa shape index (κ2) is 4.70. The molecule has 0 spiro atoms. The third-order valence-electron chi connectivity index (χ3n) is 4.22. The lowest BCUT2D eigenvalue weighted by Crippen LogP contribution is -2.16. The van der Waals surface area contributed by atoms with Crippen molar-refractivity contribution in [1.29, 1.82) is 0 Å². The topological polar surface area (TPSA) is 38.9 Å². The van der Waals surface area contributed by atoms with Gasteiger partial charge in [-0.2, -0.15) is 5.10 Å². The molecule has 2 aromatic heterocycles. The van der Waals surface area contributed by atoms with Gasteiger partial charge in [-0.25, -0.2) is 4.98 Å². The molecule has 108 valence electrons. The van der Waals surface area contributed by atoms with Crippen LogP contribution < -0.4 is 0 Å². The van der Waals surface area contributed by atoms with Crippen molar-refractivity contribution in [2.24, 2.45) is 7.05 Å². The third-order valence-corrected chi connectivity index (χ3v) is 4.22. The van der Waals surface area contributed by atoms with E-state index >= 15 is 0 Å². The predicted octanol–water partition coefficient (Wildman–Crippen LogP) is 2.27. The Hall–Kier alpha value is -2.14. The van der Waals surface area contributed by atoms with Gasteiger partial charge in [-0.15, -0.1) is 0 Å². The van der Waals surface area contributed by atoms with Gasteiger partial charge in [0.05, 0.1) is 16.7 Å². The van der Waals surface area contributed by atoms with Crippen LogP contribution in [0.25, 0.3) is 22.6 Å². The van der Waals surface area contributed by atoms with Crippen LogP contribution >= 0.6 is 0 Å². The van der Waals surface area contributed by atoms with Crippen molar-refractivity contribution in [2.45, 2.75) is 19.5 Å². The highest BCUT2D eigenvalue weighted by Gasteiger charge is 2.18. The quantitative estimate of drug-likeness (QED) is 0.687. The van der Waals surface area contributed by atoms with Gasteiger partial charge in [0.25, 0.3) is 0 Å². The van der Waals surface area contributed by atoms with Gasteiger partial charge in [0.1, 0.15) is 5.69 Å². The number of nitrogens with zero attached hydrogens (tertiary/aromatic N) is 5. The van der Waals surface area contributed by atoms with Crippen LogP contribution in [0.1, 0.15) is 12.1 Å². The molecule has 1 aliphatic heterocycles. The fraction of sp³-hybridized carbons (Fsp3) is 0.375. The van der Waals surface area contributed by atoms with Crippen molar-refractivity contribution in [3.05, 3.63) is 36.0 Å². The first-order chi connectivity index (χ1) is 10.2. The minimum absolute atomic E-state index is 0.944. The van der Waals surface area contributed by atoms with Gasteiger partial charge >= 0.3 is 0 Å².